The number of anilines is 1. The number of carbonyl (C=O) groups excluding carboxylic acids is 1. The molecule has 3 heterocycles. The van der Waals surface area contributed by atoms with Crippen molar-refractivity contribution in [3.05, 3.63) is 40.2 Å². The fourth-order valence-corrected chi connectivity index (χ4v) is 4.56. The number of likely N-dealkylation sites (tertiary alicyclic amines) is 2. The Labute approximate surface area is 165 Å². The van der Waals surface area contributed by atoms with Crippen LogP contribution >= 0.6 is 0 Å². The van der Waals surface area contributed by atoms with E-state index >= 15 is 0 Å². The predicted octanol–water partition coefficient (Wildman–Crippen LogP) is 2.85. The zero-order chi connectivity index (χ0) is 19.7. The van der Waals surface area contributed by atoms with Gasteiger partial charge in [-0.15, -0.1) is 0 Å². The first-order valence-corrected chi connectivity index (χ1v) is 10.3. The molecule has 0 saturated carbocycles. The second-order valence-electron chi connectivity index (χ2n) is 8.32. The van der Waals surface area contributed by atoms with Crippen molar-refractivity contribution < 1.29 is 9.21 Å². The number of hydrogen-bond acceptors (Lipinski definition) is 5. The van der Waals surface area contributed by atoms with Gasteiger partial charge in [-0.05, 0) is 77.0 Å². The Morgan fingerprint density at radius 3 is 2.71 bits per heavy atom. The van der Waals surface area contributed by atoms with Crippen LogP contribution in [0, 0.1) is 12.8 Å². The van der Waals surface area contributed by atoms with Crippen LogP contribution in [0.5, 0.6) is 0 Å². The van der Waals surface area contributed by atoms with Gasteiger partial charge < -0.3 is 14.6 Å². The van der Waals surface area contributed by atoms with E-state index in [1.165, 1.54) is 18.9 Å². The van der Waals surface area contributed by atoms with Crippen LogP contribution in [-0.2, 0) is 4.79 Å². The molecule has 2 fully saturated rings. The summed E-state index contributed by atoms with van der Waals surface area (Å²) in [6.45, 7) is 6.09. The summed E-state index contributed by atoms with van der Waals surface area (Å²) in [5, 5.41) is 3.93. The summed E-state index contributed by atoms with van der Waals surface area (Å²) in [5.41, 5.74) is 1.71. The molecule has 2 aliphatic heterocycles. The molecule has 0 bridgehead atoms. The van der Waals surface area contributed by atoms with E-state index in [-0.39, 0.29) is 17.5 Å². The molecule has 1 atom stereocenters. The largest absolute Gasteiger partial charge is 0.423 e. The maximum absolute atomic E-state index is 12.9. The zero-order valence-electron chi connectivity index (χ0n) is 16.7. The first kappa shape index (κ1) is 19.2. The Balaban J connectivity index is 1.43. The minimum Gasteiger partial charge on any atom is -0.423 e. The SMILES string of the molecule is Cc1cc(=O)oc2cc(NC(=O)C3CCCN(C4CCN(C)CC4)C3)ccc12. The lowest BCUT2D eigenvalue weighted by atomic mass is 9.93. The van der Waals surface area contributed by atoms with Crippen LogP contribution in [0.25, 0.3) is 11.0 Å². The average Bonchev–Trinajstić information content (AvgIpc) is 2.68. The Morgan fingerprint density at radius 2 is 1.93 bits per heavy atom. The summed E-state index contributed by atoms with van der Waals surface area (Å²) in [4.78, 5) is 29.4. The van der Waals surface area contributed by atoms with Gasteiger partial charge in [0.25, 0.3) is 0 Å². The van der Waals surface area contributed by atoms with Crippen LogP contribution in [0.1, 0.15) is 31.2 Å². The van der Waals surface area contributed by atoms with E-state index in [4.69, 9.17) is 4.42 Å². The number of nitrogens with one attached hydrogen (secondary N) is 1. The van der Waals surface area contributed by atoms with Crippen LogP contribution in [0.4, 0.5) is 5.69 Å². The van der Waals surface area contributed by atoms with Gasteiger partial charge in [-0.3, -0.25) is 9.69 Å². The Bertz CT molecular complexity index is 915. The molecule has 4 rings (SSSR count). The first-order valence-electron chi connectivity index (χ1n) is 10.3. The normalized spacial score (nSPS) is 22.4. The molecule has 1 N–H and O–H groups in total. The molecule has 1 amide bonds. The molecule has 1 unspecified atom stereocenters. The molecule has 28 heavy (non-hydrogen) atoms. The molecule has 2 saturated heterocycles. The van der Waals surface area contributed by atoms with Gasteiger partial charge in [0.2, 0.25) is 5.91 Å². The van der Waals surface area contributed by atoms with Gasteiger partial charge in [0.15, 0.2) is 0 Å². The topological polar surface area (TPSA) is 65.8 Å². The minimum absolute atomic E-state index is 0.00798. The summed E-state index contributed by atoms with van der Waals surface area (Å²) in [5.74, 6) is 0.0700. The summed E-state index contributed by atoms with van der Waals surface area (Å²) in [7, 11) is 2.18. The van der Waals surface area contributed by atoms with Crippen LogP contribution in [0.15, 0.2) is 33.5 Å². The number of nitrogens with zero attached hydrogens (tertiary/aromatic N) is 2. The number of carbonyl (C=O) groups is 1. The van der Waals surface area contributed by atoms with E-state index in [1.807, 2.05) is 19.1 Å². The monoisotopic (exact) mass is 383 g/mol. The lowest BCUT2D eigenvalue weighted by Crippen LogP contribution is -2.49. The number of aryl methyl sites for hydroxylation is 1. The zero-order valence-corrected chi connectivity index (χ0v) is 16.7. The van der Waals surface area contributed by atoms with E-state index in [9.17, 15) is 9.59 Å². The van der Waals surface area contributed by atoms with Crippen molar-refractivity contribution in [1.82, 2.24) is 9.80 Å². The van der Waals surface area contributed by atoms with Gasteiger partial charge in [0, 0.05) is 35.8 Å². The van der Waals surface area contributed by atoms with Gasteiger partial charge in [0.1, 0.15) is 5.58 Å². The van der Waals surface area contributed by atoms with Gasteiger partial charge in [0.05, 0.1) is 5.92 Å². The van der Waals surface area contributed by atoms with Gasteiger partial charge in [-0.1, -0.05) is 0 Å². The lowest BCUT2D eigenvalue weighted by molar-refractivity contribution is -0.122. The standard InChI is InChI=1S/C22H29N3O3/c1-15-12-21(26)28-20-13-17(5-6-19(15)20)23-22(27)16-4-3-9-25(14-16)18-7-10-24(2)11-8-18/h5-6,12-13,16,18H,3-4,7-11,14H2,1-2H3,(H,23,27). The van der Waals surface area contributed by atoms with Crippen molar-refractivity contribution in [2.45, 2.75) is 38.6 Å². The summed E-state index contributed by atoms with van der Waals surface area (Å²) in [6, 6.07) is 7.61. The van der Waals surface area contributed by atoms with E-state index in [0.29, 0.717) is 17.3 Å². The summed E-state index contributed by atoms with van der Waals surface area (Å²) in [6.07, 6.45) is 4.37. The molecule has 2 aromatic rings. The third-order valence-electron chi connectivity index (χ3n) is 6.25. The Hall–Kier alpha value is -2.18. The molecule has 6 nitrogen and oxygen atoms in total. The first-order chi connectivity index (χ1) is 13.5. The van der Waals surface area contributed by atoms with E-state index in [1.54, 1.807) is 6.07 Å². The summed E-state index contributed by atoms with van der Waals surface area (Å²) < 4.78 is 5.30. The van der Waals surface area contributed by atoms with Crippen LogP contribution < -0.4 is 10.9 Å². The highest BCUT2D eigenvalue weighted by Gasteiger charge is 2.31. The van der Waals surface area contributed by atoms with Crippen molar-refractivity contribution in [3.8, 4) is 0 Å². The molecule has 2 aliphatic rings. The van der Waals surface area contributed by atoms with Crippen molar-refractivity contribution >= 4 is 22.6 Å². The highest BCUT2D eigenvalue weighted by molar-refractivity contribution is 5.95. The Kier molecular flexibility index (Phi) is 5.51. The molecular formula is C22H29N3O3. The van der Waals surface area contributed by atoms with Gasteiger partial charge in [-0.25, -0.2) is 4.79 Å². The van der Waals surface area contributed by atoms with Crippen molar-refractivity contribution in [1.29, 1.82) is 0 Å². The second kappa shape index (κ2) is 8.05. The quantitative estimate of drug-likeness (QED) is 0.826. The van der Waals surface area contributed by atoms with Crippen molar-refractivity contribution in [3.63, 3.8) is 0 Å². The van der Waals surface area contributed by atoms with E-state index in [2.05, 4.69) is 22.2 Å². The van der Waals surface area contributed by atoms with Crippen molar-refractivity contribution in [2.24, 2.45) is 5.92 Å². The summed E-state index contributed by atoms with van der Waals surface area (Å²) >= 11 is 0. The molecule has 0 aliphatic carbocycles. The molecule has 1 aromatic heterocycles. The average molecular weight is 383 g/mol. The maximum atomic E-state index is 12.9. The number of hydrogen-bond donors (Lipinski definition) is 1. The molecular weight excluding hydrogens is 354 g/mol. The molecule has 6 heteroatoms. The molecule has 0 radical (unpaired) electrons. The van der Waals surface area contributed by atoms with E-state index < -0.39 is 0 Å². The second-order valence-corrected chi connectivity index (χ2v) is 8.32. The highest BCUT2D eigenvalue weighted by atomic mass is 16.4. The van der Waals surface area contributed by atoms with E-state index in [0.717, 1.165) is 50.0 Å². The number of fused-ring (bicyclic) bond motifs is 1. The van der Waals surface area contributed by atoms with Gasteiger partial charge in [-0.2, -0.15) is 0 Å². The third-order valence-corrected chi connectivity index (χ3v) is 6.25. The number of benzene rings is 1. The highest BCUT2D eigenvalue weighted by Crippen LogP contribution is 2.26. The molecule has 150 valence electrons. The van der Waals surface area contributed by atoms with Crippen LogP contribution in [0.3, 0.4) is 0 Å². The predicted molar refractivity (Wildman–Crippen MR) is 111 cm³/mol. The third kappa shape index (κ3) is 4.13. The van der Waals surface area contributed by atoms with Crippen molar-refractivity contribution in [2.75, 3.05) is 38.5 Å². The molecule has 0 spiro atoms. The molecule has 1 aromatic carbocycles. The van der Waals surface area contributed by atoms with Gasteiger partial charge >= 0.3 is 5.63 Å². The van der Waals surface area contributed by atoms with Crippen LogP contribution in [-0.4, -0.2) is 55.0 Å². The smallest absolute Gasteiger partial charge is 0.336 e. The maximum Gasteiger partial charge on any atom is 0.336 e. The minimum atomic E-state index is -0.366. The fourth-order valence-electron chi connectivity index (χ4n) is 4.56. The number of amides is 1. The Morgan fingerprint density at radius 1 is 1.14 bits per heavy atom. The number of rotatable bonds is 3. The lowest BCUT2D eigenvalue weighted by Gasteiger charge is -2.41. The fraction of sp³-hybridized carbons (Fsp3) is 0.545. The van der Waals surface area contributed by atoms with Crippen LogP contribution in [0.2, 0.25) is 0 Å². The number of piperidine rings is 2.